The van der Waals surface area contributed by atoms with Crippen LogP contribution in [-0.2, 0) is 4.74 Å². The van der Waals surface area contributed by atoms with Crippen molar-refractivity contribution in [3.05, 3.63) is 28.7 Å². The fourth-order valence-electron chi connectivity index (χ4n) is 2.00. The standard InChI is InChI=1S/C13H15BrN6O/c14-9-1-3-10(4-2-9)16-12-17-11(15)18-13(19-12)20-5-7-21-8-6-20/h1-4H,5-8H2,(H3,15,16,17,18,19). The van der Waals surface area contributed by atoms with Crippen LogP contribution in [0.1, 0.15) is 0 Å². The van der Waals surface area contributed by atoms with Crippen LogP contribution >= 0.6 is 15.9 Å². The highest BCUT2D eigenvalue weighted by molar-refractivity contribution is 9.10. The van der Waals surface area contributed by atoms with Gasteiger partial charge in [-0.15, -0.1) is 0 Å². The average molecular weight is 351 g/mol. The second kappa shape index (κ2) is 6.23. The SMILES string of the molecule is Nc1nc(Nc2ccc(Br)cc2)nc(N2CCOCC2)n1. The van der Waals surface area contributed by atoms with E-state index in [1.165, 1.54) is 0 Å². The highest BCUT2D eigenvalue weighted by atomic mass is 79.9. The number of nitrogens with zero attached hydrogens (tertiary/aromatic N) is 4. The predicted octanol–water partition coefficient (Wildman–Crippen LogP) is 1.80. The minimum absolute atomic E-state index is 0.200. The molecule has 1 aromatic heterocycles. The van der Waals surface area contributed by atoms with Crippen LogP contribution in [0.3, 0.4) is 0 Å². The number of rotatable bonds is 3. The molecule has 2 aromatic rings. The number of halogens is 1. The molecule has 110 valence electrons. The van der Waals surface area contributed by atoms with Crippen molar-refractivity contribution < 1.29 is 4.74 Å². The molecule has 1 saturated heterocycles. The van der Waals surface area contributed by atoms with Crippen LogP contribution in [0.4, 0.5) is 23.5 Å². The maximum absolute atomic E-state index is 5.78. The molecule has 1 fully saturated rings. The quantitative estimate of drug-likeness (QED) is 0.872. The molecule has 0 amide bonds. The first kappa shape index (κ1) is 14.0. The molecule has 1 aliphatic rings. The molecule has 8 heteroatoms. The zero-order chi connectivity index (χ0) is 14.7. The number of anilines is 4. The summed E-state index contributed by atoms with van der Waals surface area (Å²) < 4.78 is 6.34. The number of benzene rings is 1. The molecule has 0 atom stereocenters. The van der Waals surface area contributed by atoms with Crippen molar-refractivity contribution in [2.45, 2.75) is 0 Å². The van der Waals surface area contributed by atoms with Crippen molar-refractivity contribution in [1.82, 2.24) is 15.0 Å². The van der Waals surface area contributed by atoms with Gasteiger partial charge in [0.15, 0.2) is 0 Å². The molecule has 2 heterocycles. The summed E-state index contributed by atoms with van der Waals surface area (Å²) in [6.07, 6.45) is 0. The van der Waals surface area contributed by atoms with Gasteiger partial charge in [0, 0.05) is 23.2 Å². The number of hydrogen-bond acceptors (Lipinski definition) is 7. The fraction of sp³-hybridized carbons (Fsp3) is 0.308. The molecule has 0 aliphatic carbocycles. The van der Waals surface area contributed by atoms with Gasteiger partial charge in [0.05, 0.1) is 13.2 Å². The maximum Gasteiger partial charge on any atom is 0.233 e. The van der Waals surface area contributed by atoms with E-state index in [-0.39, 0.29) is 5.95 Å². The van der Waals surface area contributed by atoms with Crippen LogP contribution in [0.25, 0.3) is 0 Å². The summed E-state index contributed by atoms with van der Waals surface area (Å²) in [5.41, 5.74) is 6.66. The summed E-state index contributed by atoms with van der Waals surface area (Å²) >= 11 is 3.40. The first-order valence-electron chi connectivity index (χ1n) is 6.57. The average Bonchev–Trinajstić information content (AvgIpc) is 2.50. The van der Waals surface area contributed by atoms with Crippen LogP contribution in [0.15, 0.2) is 28.7 Å². The predicted molar refractivity (Wildman–Crippen MR) is 84.7 cm³/mol. The molecule has 0 spiro atoms. The van der Waals surface area contributed by atoms with Crippen LogP contribution in [0.2, 0.25) is 0 Å². The molecule has 1 aliphatic heterocycles. The Morgan fingerprint density at radius 2 is 1.81 bits per heavy atom. The molecular formula is C13H15BrN6O. The molecule has 0 bridgehead atoms. The molecular weight excluding hydrogens is 336 g/mol. The number of hydrogen-bond donors (Lipinski definition) is 2. The van der Waals surface area contributed by atoms with E-state index in [2.05, 4.69) is 36.2 Å². The lowest BCUT2D eigenvalue weighted by atomic mass is 10.3. The van der Waals surface area contributed by atoms with Gasteiger partial charge in [0.1, 0.15) is 0 Å². The molecule has 21 heavy (non-hydrogen) atoms. The Labute approximate surface area is 130 Å². The normalized spacial score (nSPS) is 15.0. The van der Waals surface area contributed by atoms with E-state index in [9.17, 15) is 0 Å². The lowest BCUT2D eigenvalue weighted by Gasteiger charge is -2.26. The van der Waals surface area contributed by atoms with Crippen LogP contribution in [-0.4, -0.2) is 41.3 Å². The van der Waals surface area contributed by atoms with Gasteiger partial charge < -0.3 is 20.7 Å². The highest BCUT2D eigenvalue weighted by Crippen LogP contribution is 2.19. The fourth-order valence-corrected chi connectivity index (χ4v) is 2.27. The van der Waals surface area contributed by atoms with Gasteiger partial charge in [0.2, 0.25) is 17.8 Å². The summed E-state index contributed by atoms with van der Waals surface area (Å²) in [6.45, 7) is 2.84. The number of nitrogens with two attached hydrogens (primary N) is 1. The van der Waals surface area contributed by atoms with E-state index in [0.29, 0.717) is 25.1 Å². The second-order valence-electron chi connectivity index (χ2n) is 4.55. The van der Waals surface area contributed by atoms with Crippen molar-refractivity contribution in [3.63, 3.8) is 0 Å². The van der Waals surface area contributed by atoms with Crippen molar-refractivity contribution >= 4 is 39.5 Å². The Bertz CT molecular complexity index is 615. The van der Waals surface area contributed by atoms with Gasteiger partial charge in [-0.3, -0.25) is 0 Å². The monoisotopic (exact) mass is 350 g/mol. The first-order chi connectivity index (χ1) is 10.2. The molecule has 3 N–H and O–H groups in total. The molecule has 1 aromatic carbocycles. The third kappa shape index (κ3) is 3.59. The van der Waals surface area contributed by atoms with E-state index >= 15 is 0 Å². The second-order valence-corrected chi connectivity index (χ2v) is 5.46. The number of aromatic nitrogens is 3. The van der Waals surface area contributed by atoms with Gasteiger partial charge >= 0.3 is 0 Å². The Morgan fingerprint density at radius 3 is 2.52 bits per heavy atom. The summed E-state index contributed by atoms with van der Waals surface area (Å²) in [5.74, 6) is 1.21. The minimum atomic E-state index is 0.200. The number of nitrogen functional groups attached to an aromatic ring is 1. The number of ether oxygens (including phenoxy) is 1. The van der Waals surface area contributed by atoms with Crippen molar-refractivity contribution in [3.8, 4) is 0 Å². The molecule has 7 nitrogen and oxygen atoms in total. The topological polar surface area (TPSA) is 89.2 Å². The zero-order valence-corrected chi connectivity index (χ0v) is 12.9. The molecule has 0 radical (unpaired) electrons. The van der Waals surface area contributed by atoms with E-state index in [1.807, 2.05) is 29.2 Å². The van der Waals surface area contributed by atoms with Crippen LogP contribution in [0.5, 0.6) is 0 Å². The largest absolute Gasteiger partial charge is 0.378 e. The molecule has 0 saturated carbocycles. The Balaban J connectivity index is 1.81. The molecule has 0 unspecified atom stereocenters. The maximum atomic E-state index is 5.78. The summed E-state index contributed by atoms with van der Waals surface area (Å²) in [5, 5.41) is 3.13. The van der Waals surface area contributed by atoms with Gasteiger partial charge in [-0.05, 0) is 24.3 Å². The minimum Gasteiger partial charge on any atom is -0.378 e. The van der Waals surface area contributed by atoms with Gasteiger partial charge in [-0.2, -0.15) is 15.0 Å². The summed E-state index contributed by atoms with van der Waals surface area (Å²) in [7, 11) is 0. The van der Waals surface area contributed by atoms with Crippen molar-refractivity contribution in [2.24, 2.45) is 0 Å². The van der Waals surface area contributed by atoms with Crippen molar-refractivity contribution in [1.29, 1.82) is 0 Å². The summed E-state index contributed by atoms with van der Waals surface area (Å²) in [6, 6.07) is 7.74. The van der Waals surface area contributed by atoms with Crippen LogP contribution in [0, 0.1) is 0 Å². The zero-order valence-electron chi connectivity index (χ0n) is 11.3. The highest BCUT2D eigenvalue weighted by Gasteiger charge is 2.15. The van der Waals surface area contributed by atoms with E-state index in [0.717, 1.165) is 23.2 Å². The van der Waals surface area contributed by atoms with Gasteiger partial charge in [0.25, 0.3) is 0 Å². The number of nitrogens with one attached hydrogen (secondary N) is 1. The first-order valence-corrected chi connectivity index (χ1v) is 7.37. The number of morpholine rings is 1. The Kier molecular flexibility index (Phi) is 4.16. The molecule has 3 rings (SSSR count). The van der Waals surface area contributed by atoms with E-state index < -0.39 is 0 Å². The Hall–Kier alpha value is -1.93. The lowest BCUT2D eigenvalue weighted by molar-refractivity contribution is 0.122. The van der Waals surface area contributed by atoms with E-state index in [4.69, 9.17) is 10.5 Å². The van der Waals surface area contributed by atoms with Crippen molar-refractivity contribution in [2.75, 3.05) is 42.3 Å². The third-order valence-corrected chi connectivity index (χ3v) is 3.56. The summed E-state index contributed by atoms with van der Waals surface area (Å²) in [4.78, 5) is 14.8. The third-order valence-electron chi connectivity index (χ3n) is 3.04. The van der Waals surface area contributed by atoms with Gasteiger partial charge in [-0.25, -0.2) is 0 Å². The van der Waals surface area contributed by atoms with Gasteiger partial charge in [-0.1, -0.05) is 15.9 Å². The lowest BCUT2D eigenvalue weighted by Crippen LogP contribution is -2.37. The Morgan fingerprint density at radius 1 is 1.10 bits per heavy atom. The van der Waals surface area contributed by atoms with E-state index in [1.54, 1.807) is 0 Å². The van der Waals surface area contributed by atoms with Crippen LogP contribution < -0.4 is 16.0 Å². The smallest absolute Gasteiger partial charge is 0.233 e.